The molecule has 4 fully saturated rings. The van der Waals surface area contributed by atoms with Crippen LogP contribution >= 0.6 is 0 Å². The van der Waals surface area contributed by atoms with Crippen molar-refractivity contribution in [3.8, 4) is 22.9 Å². The van der Waals surface area contributed by atoms with E-state index >= 15 is 0 Å². The maximum absolute atomic E-state index is 12.8. The molecule has 0 bridgehead atoms. The number of carbonyl (C=O) groups is 1. The van der Waals surface area contributed by atoms with Crippen molar-refractivity contribution in [1.82, 2.24) is 30.0 Å². The molecule has 0 radical (unpaired) electrons. The number of nitrogens with one attached hydrogen (secondary N) is 1. The molecule has 51 heavy (non-hydrogen) atoms. The number of rotatable bonds is 8. The Morgan fingerprint density at radius 3 is 2.51 bits per heavy atom. The number of piperidine rings is 1. The third-order valence-corrected chi connectivity index (χ3v) is 11.5. The number of aryl methyl sites for hydroxylation is 1. The standard InChI is InChI=1S/C40H51N7O4/c1-7-26-20-29-34(35(50-28-11-8-12-28)33(26)32-25(2)13-14-31-30(32)21-41-44-31)42-37(49-22-27-10-9-17-45(27)6)43-36(29)46-18-15-40(16-19-46)23-47(24-40)38(48)51-39(3,4)5/h7,13-14,20-21,27-28H,1,8-12,15-19,22-24H2,2-6H3,(H,41,44)/t27-/m0/s1. The first kappa shape index (κ1) is 33.7. The first-order valence-electron chi connectivity index (χ1n) is 18.7. The minimum atomic E-state index is -0.501. The highest BCUT2D eigenvalue weighted by Gasteiger charge is 2.48. The Labute approximate surface area is 300 Å². The van der Waals surface area contributed by atoms with Gasteiger partial charge < -0.3 is 28.9 Å². The van der Waals surface area contributed by atoms with Gasteiger partial charge in [0.25, 0.3) is 0 Å². The van der Waals surface area contributed by atoms with Crippen molar-refractivity contribution < 1.29 is 19.0 Å². The highest BCUT2D eigenvalue weighted by atomic mass is 16.6. The van der Waals surface area contributed by atoms with Crippen LogP contribution in [-0.2, 0) is 4.74 Å². The zero-order chi connectivity index (χ0) is 35.5. The minimum Gasteiger partial charge on any atom is -0.487 e. The van der Waals surface area contributed by atoms with Gasteiger partial charge >= 0.3 is 12.1 Å². The van der Waals surface area contributed by atoms with Crippen LogP contribution in [0.1, 0.15) is 76.8 Å². The smallest absolute Gasteiger partial charge is 0.410 e. The summed E-state index contributed by atoms with van der Waals surface area (Å²) in [6.45, 7) is 16.9. The maximum Gasteiger partial charge on any atom is 0.410 e. The van der Waals surface area contributed by atoms with Crippen LogP contribution in [0.25, 0.3) is 39.0 Å². The van der Waals surface area contributed by atoms with E-state index in [1.807, 2.05) is 37.9 Å². The molecule has 2 aromatic heterocycles. The van der Waals surface area contributed by atoms with Crippen LogP contribution in [-0.4, -0.2) is 100 Å². The van der Waals surface area contributed by atoms with E-state index in [0.29, 0.717) is 18.7 Å². The number of nitrogens with zero attached hydrogens (tertiary/aromatic N) is 6. The van der Waals surface area contributed by atoms with E-state index in [0.717, 1.165) is 127 Å². The van der Waals surface area contributed by atoms with Crippen LogP contribution in [0.15, 0.2) is 31.0 Å². The van der Waals surface area contributed by atoms with Gasteiger partial charge in [0.2, 0.25) is 0 Å². The number of likely N-dealkylation sites (N-methyl/N-ethyl adjacent to an activating group) is 1. The molecule has 3 aliphatic heterocycles. The fourth-order valence-electron chi connectivity index (χ4n) is 8.26. The van der Waals surface area contributed by atoms with Crippen molar-refractivity contribution in [1.29, 1.82) is 0 Å². The molecule has 8 rings (SSSR count). The summed E-state index contributed by atoms with van der Waals surface area (Å²) in [7, 11) is 2.16. The van der Waals surface area contributed by atoms with E-state index < -0.39 is 5.60 Å². The number of amides is 1. The van der Waals surface area contributed by atoms with Gasteiger partial charge in [0.1, 0.15) is 23.5 Å². The Hall–Kier alpha value is -4.38. The van der Waals surface area contributed by atoms with Gasteiger partial charge in [-0.1, -0.05) is 18.7 Å². The second kappa shape index (κ2) is 13.0. The van der Waals surface area contributed by atoms with Gasteiger partial charge in [0.15, 0.2) is 5.75 Å². The molecule has 4 aliphatic rings. The predicted molar refractivity (Wildman–Crippen MR) is 201 cm³/mol. The van der Waals surface area contributed by atoms with Gasteiger partial charge in [-0.05, 0) is 115 Å². The molecular weight excluding hydrogens is 642 g/mol. The monoisotopic (exact) mass is 693 g/mol. The summed E-state index contributed by atoms with van der Waals surface area (Å²) in [6, 6.07) is 7.11. The lowest BCUT2D eigenvalue weighted by atomic mass is 9.72. The molecule has 4 aromatic rings. The van der Waals surface area contributed by atoms with E-state index in [4.69, 9.17) is 24.2 Å². The van der Waals surface area contributed by atoms with Crippen LogP contribution in [0.2, 0.25) is 0 Å². The number of aromatic nitrogens is 4. The summed E-state index contributed by atoms with van der Waals surface area (Å²) in [6.07, 6.45) is 11.1. The topological polar surface area (TPSA) is 109 Å². The van der Waals surface area contributed by atoms with Gasteiger partial charge in [-0.25, -0.2) is 4.79 Å². The summed E-state index contributed by atoms with van der Waals surface area (Å²) in [5.74, 6) is 1.62. The Morgan fingerprint density at radius 1 is 1.06 bits per heavy atom. The SMILES string of the molecule is C=Cc1cc2c(N3CCC4(CC3)CN(C(=O)OC(C)(C)C)C4)nc(OC[C@@H]3CCCN3C)nc2c(OC2CCC2)c1-c1c(C)ccc2[nH]ncc12. The van der Waals surface area contributed by atoms with Crippen molar-refractivity contribution in [3.05, 3.63) is 42.1 Å². The molecule has 3 saturated heterocycles. The molecule has 11 heteroatoms. The van der Waals surface area contributed by atoms with Crippen LogP contribution in [0.5, 0.6) is 11.8 Å². The number of hydrogen-bond donors (Lipinski definition) is 1. The van der Waals surface area contributed by atoms with Crippen molar-refractivity contribution in [2.45, 2.75) is 90.4 Å². The fourth-order valence-corrected chi connectivity index (χ4v) is 8.26. The van der Waals surface area contributed by atoms with Gasteiger partial charge in [-0.2, -0.15) is 15.1 Å². The van der Waals surface area contributed by atoms with Crippen molar-refractivity contribution in [2.24, 2.45) is 5.41 Å². The number of ether oxygens (including phenoxy) is 3. The Kier molecular flexibility index (Phi) is 8.60. The number of fused-ring (bicyclic) bond motifs is 2. The minimum absolute atomic E-state index is 0.0986. The largest absolute Gasteiger partial charge is 0.487 e. The number of benzene rings is 2. The van der Waals surface area contributed by atoms with E-state index in [-0.39, 0.29) is 17.6 Å². The number of anilines is 1. The number of likely N-dealkylation sites (tertiary alicyclic amines) is 2. The highest BCUT2D eigenvalue weighted by Crippen LogP contribution is 2.48. The normalized spacial score (nSPS) is 20.8. The van der Waals surface area contributed by atoms with Gasteiger partial charge in [0.05, 0.1) is 17.8 Å². The fraction of sp³-hybridized carbons (Fsp3) is 0.550. The molecule has 270 valence electrons. The zero-order valence-electron chi connectivity index (χ0n) is 30.8. The van der Waals surface area contributed by atoms with Gasteiger partial charge in [-0.15, -0.1) is 0 Å². The van der Waals surface area contributed by atoms with Gasteiger partial charge in [-0.3, -0.25) is 5.10 Å². The van der Waals surface area contributed by atoms with Crippen LogP contribution in [0, 0.1) is 12.3 Å². The quantitative estimate of drug-likeness (QED) is 0.202. The molecule has 11 nitrogen and oxygen atoms in total. The predicted octanol–water partition coefficient (Wildman–Crippen LogP) is 7.37. The first-order chi connectivity index (χ1) is 24.5. The van der Waals surface area contributed by atoms with Gasteiger partial charge in [0, 0.05) is 54.0 Å². The van der Waals surface area contributed by atoms with E-state index in [1.165, 1.54) is 6.42 Å². The molecule has 1 saturated carbocycles. The number of hydrogen-bond acceptors (Lipinski definition) is 9. The van der Waals surface area contributed by atoms with Crippen LogP contribution in [0.4, 0.5) is 10.6 Å². The average molecular weight is 694 g/mol. The van der Waals surface area contributed by atoms with Crippen molar-refractivity contribution >= 4 is 39.8 Å². The Bertz CT molecular complexity index is 1960. The third kappa shape index (κ3) is 6.38. The Balaban J connectivity index is 1.20. The Morgan fingerprint density at radius 2 is 1.84 bits per heavy atom. The molecule has 1 atom stereocenters. The van der Waals surface area contributed by atoms with Crippen molar-refractivity contribution in [3.63, 3.8) is 0 Å². The molecule has 1 spiro atoms. The summed E-state index contributed by atoms with van der Waals surface area (Å²) in [4.78, 5) is 29.7. The van der Waals surface area contributed by atoms with Crippen molar-refractivity contribution in [2.75, 3.05) is 51.3 Å². The summed E-state index contributed by atoms with van der Waals surface area (Å²) in [5.41, 5.74) is 5.48. The second-order valence-electron chi connectivity index (χ2n) is 16.3. The van der Waals surface area contributed by atoms with E-state index in [2.05, 4.69) is 58.7 Å². The molecule has 0 unspecified atom stereocenters. The first-order valence-corrected chi connectivity index (χ1v) is 18.7. The lowest BCUT2D eigenvalue weighted by Crippen LogP contribution is -2.62. The van der Waals surface area contributed by atoms with Crippen LogP contribution < -0.4 is 14.4 Å². The molecule has 1 N–H and O–H groups in total. The maximum atomic E-state index is 12.8. The number of aromatic amines is 1. The molecule has 1 aliphatic carbocycles. The second-order valence-corrected chi connectivity index (χ2v) is 16.3. The molecule has 1 amide bonds. The van der Waals surface area contributed by atoms with E-state index in [9.17, 15) is 4.79 Å². The number of carbonyl (C=O) groups excluding carboxylic acids is 1. The summed E-state index contributed by atoms with van der Waals surface area (Å²) >= 11 is 0. The summed E-state index contributed by atoms with van der Waals surface area (Å²) < 4.78 is 19.1. The summed E-state index contributed by atoms with van der Waals surface area (Å²) in [5, 5.41) is 9.52. The molecule has 2 aromatic carbocycles. The lowest BCUT2D eigenvalue weighted by Gasteiger charge is -2.53. The molecular formula is C40H51N7O4. The van der Waals surface area contributed by atoms with E-state index in [1.54, 1.807) is 0 Å². The van der Waals surface area contributed by atoms with Crippen LogP contribution in [0.3, 0.4) is 0 Å². The number of H-pyrrole nitrogens is 1. The third-order valence-electron chi connectivity index (χ3n) is 11.5. The lowest BCUT2D eigenvalue weighted by molar-refractivity contribution is -0.0434. The average Bonchev–Trinajstić information content (AvgIpc) is 3.71. The highest BCUT2D eigenvalue weighted by molar-refractivity contribution is 6.07. The zero-order valence-corrected chi connectivity index (χ0v) is 30.8. The molecule has 5 heterocycles.